The van der Waals surface area contributed by atoms with E-state index in [1.54, 1.807) is 41.5 Å². The Morgan fingerprint density at radius 3 is 1.95 bits per heavy atom. The second-order valence-electron chi connectivity index (χ2n) is 11.6. The van der Waals surface area contributed by atoms with E-state index in [0.29, 0.717) is 19.4 Å². The molecule has 1 amide bonds. The molecule has 0 saturated heterocycles. The molecule has 0 aliphatic rings. The van der Waals surface area contributed by atoms with Gasteiger partial charge in [-0.2, -0.15) is 0 Å². The second-order valence-corrected chi connectivity index (χ2v) is 13.1. The maximum Gasteiger partial charge on any atom is 0.472 e. The molecule has 3 atom stereocenters. The van der Waals surface area contributed by atoms with E-state index < -0.39 is 75.0 Å². The average Bonchev–Trinajstić information content (AvgIpc) is 2.84. The molecule has 0 heterocycles. The van der Waals surface area contributed by atoms with Crippen molar-refractivity contribution in [3.63, 3.8) is 0 Å². The third-order valence-electron chi connectivity index (χ3n) is 5.01. The van der Waals surface area contributed by atoms with Gasteiger partial charge in [0.1, 0.15) is 17.8 Å². The number of rotatable bonds is 20. The third kappa shape index (κ3) is 22.4. The number of nitrogens with one attached hydrogen (secondary N) is 1. The van der Waals surface area contributed by atoms with Crippen molar-refractivity contribution in [3.8, 4) is 0 Å². The Labute approximate surface area is 249 Å². The molecule has 0 radical (unpaired) electrons. The normalized spacial score (nSPS) is 14.7. The van der Waals surface area contributed by atoms with Gasteiger partial charge in [0.05, 0.1) is 13.2 Å². The van der Waals surface area contributed by atoms with Gasteiger partial charge in [0.2, 0.25) is 0 Å². The zero-order valence-corrected chi connectivity index (χ0v) is 27.0. The lowest BCUT2D eigenvalue weighted by molar-refractivity contribution is -0.161. The SMILES string of the molecule is CCCCCC(=O)O[C@H](COC(=O)CCCCCN)COP(=O)(O)OC[C@H](NC(=O)OC(C)(C)C)C(=O)OC(C)(C)C. The lowest BCUT2D eigenvalue weighted by Gasteiger charge is -2.26. The van der Waals surface area contributed by atoms with Crippen LogP contribution in [-0.4, -0.2) is 78.6 Å². The van der Waals surface area contributed by atoms with Gasteiger partial charge in [0, 0.05) is 12.8 Å². The summed E-state index contributed by atoms with van der Waals surface area (Å²) in [7, 11) is -4.86. The number of amides is 1. The van der Waals surface area contributed by atoms with E-state index in [9.17, 15) is 28.6 Å². The highest BCUT2D eigenvalue weighted by atomic mass is 31.2. The van der Waals surface area contributed by atoms with E-state index in [-0.39, 0.29) is 12.8 Å². The maximum absolute atomic E-state index is 12.6. The van der Waals surface area contributed by atoms with Gasteiger partial charge in [-0.05, 0) is 67.3 Å². The van der Waals surface area contributed by atoms with Gasteiger partial charge in [0.25, 0.3) is 0 Å². The zero-order valence-electron chi connectivity index (χ0n) is 26.1. The predicted molar refractivity (Wildman–Crippen MR) is 153 cm³/mol. The smallest absolute Gasteiger partial charge is 0.462 e. The Morgan fingerprint density at radius 1 is 0.810 bits per heavy atom. The molecule has 0 spiro atoms. The Kier molecular flexibility index (Phi) is 18.8. The third-order valence-corrected chi connectivity index (χ3v) is 5.96. The van der Waals surface area contributed by atoms with Crippen LogP contribution in [0.5, 0.6) is 0 Å². The van der Waals surface area contributed by atoms with E-state index in [1.165, 1.54) is 0 Å². The molecule has 15 heteroatoms. The Hall–Kier alpha value is -2.25. The minimum Gasteiger partial charge on any atom is -0.462 e. The summed E-state index contributed by atoms with van der Waals surface area (Å²) in [6, 6.07) is -1.52. The van der Waals surface area contributed by atoms with Crippen molar-refractivity contribution in [2.24, 2.45) is 5.73 Å². The molecular formula is C27H51N2O12P. The Bertz CT molecular complexity index is 885. The average molecular weight is 627 g/mol. The van der Waals surface area contributed by atoms with Crippen LogP contribution in [0.4, 0.5) is 4.79 Å². The summed E-state index contributed by atoms with van der Waals surface area (Å²) in [5.41, 5.74) is 3.63. The quantitative estimate of drug-likeness (QED) is 0.0761. The van der Waals surface area contributed by atoms with E-state index in [4.69, 9.17) is 33.7 Å². The first-order valence-corrected chi connectivity index (χ1v) is 15.8. The molecule has 0 aromatic rings. The van der Waals surface area contributed by atoms with Crippen molar-refractivity contribution >= 4 is 31.8 Å². The van der Waals surface area contributed by atoms with Crippen molar-refractivity contribution in [1.29, 1.82) is 0 Å². The lowest BCUT2D eigenvalue weighted by Crippen LogP contribution is -2.48. The monoisotopic (exact) mass is 626 g/mol. The van der Waals surface area contributed by atoms with Crippen molar-refractivity contribution in [1.82, 2.24) is 5.32 Å². The number of phosphoric ester groups is 1. The lowest BCUT2D eigenvalue weighted by atomic mass is 10.2. The number of carbonyl (C=O) groups is 4. The molecule has 0 aromatic carbocycles. The van der Waals surface area contributed by atoms with Crippen molar-refractivity contribution in [2.75, 3.05) is 26.4 Å². The topological polar surface area (TPSA) is 199 Å². The minimum atomic E-state index is -4.86. The fourth-order valence-corrected chi connectivity index (χ4v) is 3.87. The molecule has 42 heavy (non-hydrogen) atoms. The van der Waals surface area contributed by atoms with Crippen LogP contribution in [0.3, 0.4) is 0 Å². The van der Waals surface area contributed by atoms with E-state index in [0.717, 1.165) is 25.7 Å². The number of hydrogen-bond donors (Lipinski definition) is 3. The number of unbranched alkanes of at least 4 members (excludes halogenated alkanes) is 4. The van der Waals surface area contributed by atoms with Crippen molar-refractivity contribution in [3.05, 3.63) is 0 Å². The van der Waals surface area contributed by atoms with Gasteiger partial charge in [0.15, 0.2) is 12.1 Å². The van der Waals surface area contributed by atoms with Crippen LogP contribution in [0.15, 0.2) is 0 Å². The number of nitrogens with two attached hydrogens (primary N) is 1. The molecule has 0 aromatic heterocycles. The summed E-state index contributed by atoms with van der Waals surface area (Å²) in [6.45, 7) is 10.3. The molecule has 0 aliphatic carbocycles. The molecule has 0 saturated carbocycles. The predicted octanol–water partition coefficient (Wildman–Crippen LogP) is 3.91. The highest BCUT2D eigenvalue weighted by Gasteiger charge is 2.33. The Balaban J connectivity index is 5.30. The number of esters is 3. The van der Waals surface area contributed by atoms with Gasteiger partial charge >= 0.3 is 31.8 Å². The maximum atomic E-state index is 12.6. The van der Waals surface area contributed by atoms with Crippen molar-refractivity contribution < 1.29 is 56.6 Å². The van der Waals surface area contributed by atoms with Crippen LogP contribution < -0.4 is 11.1 Å². The van der Waals surface area contributed by atoms with Crippen LogP contribution in [0.25, 0.3) is 0 Å². The van der Waals surface area contributed by atoms with Crippen LogP contribution in [-0.2, 0) is 46.9 Å². The highest BCUT2D eigenvalue weighted by molar-refractivity contribution is 7.47. The molecule has 0 aliphatic heterocycles. The number of hydrogen-bond acceptors (Lipinski definition) is 12. The molecule has 0 rings (SSSR count). The van der Waals surface area contributed by atoms with Gasteiger partial charge in [-0.1, -0.05) is 26.2 Å². The van der Waals surface area contributed by atoms with Gasteiger partial charge in [-0.25, -0.2) is 14.2 Å². The van der Waals surface area contributed by atoms with Crippen LogP contribution in [0, 0.1) is 0 Å². The minimum absolute atomic E-state index is 0.110. The summed E-state index contributed by atoms with van der Waals surface area (Å²) in [4.78, 5) is 59.5. The molecular weight excluding hydrogens is 575 g/mol. The number of alkyl carbamates (subject to hydrolysis) is 1. The fraction of sp³-hybridized carbons (Fsp3) is 0.852. The zero-order chi connectivity index (χ0) is 32.4. The molecule has 0 fully saturated rings. The first-order chi connectivity index (χ1) is 19.4. The largest absolute Gasteiger partial charge is 0.472 e. The first-order valence-electron chi connectivity index (χ1n) is 14.3. The highest BCUT2D eigenvalue weighted by Crippen LogP contribution is 2.43. The number of phosphoric acid groups is 1. The van der Waals surface area contributed by atoms with E-state index >= 15 is 0 Å². The number of carbonyl (C=O) groups excluding carboxylic acids is 4. The fourth-order valence-electron chi connectivity index (χ4n) is 3.10. The standard InChI is InChI=1S/C27H51N2O12P/c1-8-9-11-15-23(31)39-20(17-36-22(30)14-12-10-13-16-28)18-37-42(34,35)38-19-21(24(32)40-26(2,3)4)29-25(33)41-27(5,6)7/h20-21H,8-19,28H2,1-7H3,(H,29,33)(H,34,35)/t20-,21+/m1/s1. The molecule has 14 nitrogen and oxygen atoms in total. The summed E-state index contributed by atoms with van der Waals surface area (Å²) in [6.07, 6.45) is 2.45. The molecule has 1 unspecified atom stereocenters. The summed E-state index contributed by atoms with van der Waals surface area (Å²) in [5, 5.41) is 2.26. The summed E-state index contributed by atoms with van der Waals surface area (Å²) >= 11 is 0. The van der Waals surface area contributed by atoms with E-state index in [2.05, 4.69) is 5.32 Å². The first kappa shape index (κ1) is 39.8. The van der Waals surface area contributed by atoms with Crippen LogP contribution in [0.2, 0.25) is 0 Å². The molecule has 4 N–H and O–H groups in total. The second kappa shape index (κ2) is 19.8. The van der Waals surface area contributed by atoms with Crippen LogP contribution >= 0.6 is 7.82 Å². The van der Waals surface area contributed by atoms with E-state index in [1.807, 2.05) is 6.92 Å². The summed E-state index contributed by atoms with van der Waals surface area (Å²) < 4.78 is 43.5. The number of ether oxygens (including phenoxy) is 4. The van der Waals surface area contributed by atoms with Gasteiger partial charge < -0.3 is 34.9 Å². The van der Waals surface area contributed by atoms with Crippen LogP contribution in [0.1, 0.15) is 99.8 Å². The van der Waals surface area contributed by atoms with Crippen molar-refractivity contribution in [2.45, 2.75) is 123 Å². The van der Waals surface area contributed by atoms with Gasteiger partial charge in [-0.15, -0.1) is 0 Å². The molecule has 246 valence electrons. The van der Waals surface area contributed by atoms with Gasteiger partial charge in [-0.3, -0.25) is 18.6 Å². The molecule has 0 bridgehead atoms. The Morgan fingerprint density at radius 2 is 1.38 bits per heavy atom. The summed E-state index contributed by atoms with van der Waals surface area (Å²) in [5.74, 6) is -2.06.